The maximum atomic E-state index is 13.4. The number of benzene rings is 2. The van der Waals surface area contributed by atoms with Gasteiger partial charge in [0, 0.05) is 28.9 Å². The van der Waals surface area contributed by atoms with Gasteiger partial charge in [0.05, 0.1) is 9.40 Å². The predicted octanol–water partition coefficient (Wildman–Crippen LogP) is 5.07. The number of halogens is 3. The summed E-state index contributed by atoms with van der Waals surface area (Å²) in [5.74, 6) is -0.351. The lowest BCUT2D eigenvalue weighted by molar-refractivity contribution is -0.385. The highest BCUT2D eigenvalue weighted by Gasteiger charge is 2.14. The molecule has 2 aromatic carbocycles. The average Bonchev–Trinajstić information content (AvgIpc) is 2.42. The number of nitrogens with one attached hydrogen (secondary N) is 1. The van der Waals surface area contributed by atoms with Gasteiger partial charge in [0.25, 0.3) is 5.69 Å². The van der Waals surface area contributed by atoms with Gasteiger partial charge in [-0.1, -0.05) is 11.6 Å². The van der Waals surface area contributed by atoms with E-state index in [-0.39, 0.29) is 18.0 Å². The van der Waals surface area contributed by atoms with E-state index in [1.807, 2.05) is 0 Å². The van der Waals surface area contributed by atoms with Crippen LogP contribution in [-0.4, -0.2) is 4.92 Å². The molecule has 0 radical (unpaired) electrons. The van der Waals surface area contributed by atoms with Crippen molar-refractivity contribution in [3.63, 3.8) is 0 Å². The molecule has 0 saturated carbocycles. The quantitative estimate of drug-likeness (QED) is 0.601. The molecule has 0 aromatic heterocycles. The molecule has 21 heavy (non-hydrogen) atoms. The van der Waals surface area contributed by atoms with Crippen LogP contribution < -0.4 is 5.32 Å². The molecule has 2 aromatic rings. The SMILES string of the molecule is Cc1cc(F)c(Br)cc1NCc1ccc(Cl)cc1[N+](=O)[O-]. The fourth-order valence-electron chi connectivity index (χ4n) is 1.88. The molecular weight excluding hydrogens is 363 g/mol. The third-order valence-corrected chi connectivity index (χ3v) is 3.82. The lowest BCUT2D eigenvalue weighted by Crippen LogP contribution is -2.04. The second-order valence-corrected chi connectivity index (χ2v) is 5.76. The lowest BCUT2D eigenvalue weighted by atomic mass is 10.1. The largest absolute Gasteiger partial charge is 0.380 e. The van der Waals surface area contributed by atoms with Crippen LogP contribution in [0.3, 0.4) is 0 Å². The van der Waals surface area contributed by atoms with Gasteiger partial charge in [-0.05, 0) is 52.7 Å². The minimum Gasteiger partial charge on any atom is -0.380 e. The molecule has 7 heteroatoms. The zero-order valence-electron chi connectivity index (χ0n) is 11.0. The zero-order valence-corrected chi connectivity index (χ0v) is 13.3. The first-order valence-electron chi connectivity index (χ1n) is 6.01. The first-order chi connectivity index (χ1) is 9.88. The summed E-state index contributed by atoms with van der Waals surface area (Å²) in [5, 5.41) is 14.4. The Morgan fingerprint density at radius 2 is 2.10 bits per heavy atom. The van der Waals surface area contributed by atoms with Crippen LogP contribution in [0.2, 0.25) is 5.02 Å². The maximum Gasteiger partial charge on any atom is 0.275 e. The standard InChI is InChI=1S/C14H11BrClFN2O2/c1-8-4-12(17)11(15)6-13(8)18-7-9-2-3-10(16)5-14(9)19(20)21/h2-6,18H,7H2,1H3. The molecule has 110 valence electrons. The molecule has 0 aliphatic rings. The van der Waals surface area contributed by atoms with E-state index in [2.05, 4.69) is 21.2 Å². The Bertz CT molecular complexity index is 710. The van der Waals surface area contributed by atoms with Gasteiger partial charge in [-0.2, -0.15) is 0 Å². The van der Waals surface area contributed by atoms with Gasteiger partial charge >= 0.3 is 0 Å². The molecule has 0 saturated heterocycles. The van der Waals surface area contributed by atoms with Crippen LogP contribution in [0.25, 0.3) is 0 Å². The number of rotatable bonds is 4. The van der Waals surface area contributed by atoms with Crippen molar-refractivity contribution in [3.8, 4) is 0 Å². The zero-order chi connectivity index (χ0) is 15.6. The molecule has 0 aliphatic heterocycles. The van der Waals surface area contributed by atoms with Crippen molar-refractivity contribution in [1.29, 1.82) is 0 Å². The Hall–Kier alpha value is -1.66. The Morgan fingerprint density at radius 3 is 2.76 bits per heavy atom. The van der Waals surface area contributed by atoms with Gasteiger partial charge in [0.15, 0.2) is 0 Å². The first-order valence-corrected chi connectivity index (χ1v) is 7.18. The van der Waals surface area contributed by atoms with Crippen LogP contribution in [0.15, 0.2) is 34.8 Å². The number of nitro groups is 1. The summed E-state index contributed by atoms with van der Waals surface area (Å²) in [6, 6.07) is 7.50. The van der Waals surface area contributed by atoms with Gasteiger partial charge in [-0.15, -0.1) is 0 Å². The number of nitro benzene ring substituents is 1. The monoisotopic (exact) mass is 372 g/mol. The van der Waals surface area contributed by atoms with E-state index in [4.69, 9.17) is 11.6 Å². The number of aryl methyl sites for hydroxylation is 1. The summed E-state index contributed by atoms with van der Waals surface area (Å²) in [7, 11) is 0. The van der Waals surface area contributed by atoms with Gasteiger partial charge < -0.3 is 5.32 Å². The van der Waals surface area contributed by atoms with Crippen molar-refractivity contribution >= 4 is 38.9 Å². The second kappa shape index (κ2) is 6.41. The van der Waals surface area contributed by atoms with E-state index in [1.165, 1.54) is 12.1 Å². The summed E-state index contributed by atoms with van der Waals surface area (Å²) in [6.07, 6.45) is 0. The van der Waals surface area contributed by atoms with Crippen LogP contribution in [0.5, 0.6) is 0 Å². The van der Waals surface area contributed by atoms with Crippen LogP contribution >= 0.6 is 27.5 Å². The van der Waals surface area contributed by atoms with Crippen LogP contribution in [0.4, 0.5) is 15.8 Å². The molecule has 0 atom stereocenters. The second-order valence-electron chi connectivity index (χ2n) is 4.46. The first kappa shape index (κ1) is 15.7. The van der Waals surface area contributed by atoms with E-state index in [1.54, 1.807) is 25.1 Å². The molecule has 0 unspecified atom stereocenters. The highest BCUT2D eigenvalue weighted by atomic mass is 79.9. The van der Waals surface area contributed by atoms with E-state index < -0.39 is 4.92 Å². The van der Waals surface area contributed by atoms with Crippen molar-refractivity contribution in [2.75, 3.05) is 5.32 Å². The molecule has 0 spiro atoms. The molecule has 1 N–H and O–H groups in total. The molecule has 0 aliphatic carbocycles. The van der Waals surface area contributed by atoms with Crippen molar-refractivity contribution < 1.29 is 9.31 Å². The summed E-state index contributed by atoms with van der Waals surface area (Å²) < 4.78 is 13.7. The number of anilines is 1. The highest BCUT2D eigenvalue weighted by Crippen LogP contribution is 2.27. The number of hydrogen-bond acceptors (Lipinski definition) is 3. The Balaban J connectivity index is 2.25. The molecule has 0 heterocycles. The van der Waals surface area contributed by atoms with Crippen molar-refractivity contribution in [2.24, 2.45) is 0 Å². The summed E-state index contributed by atoms with van der Waals surface area (Å²) in [5.41, 5.74) is 1.87. The lowest BCUT2D eigenvalue weighted by Gasteiger charge is -2.11. The average molecular weight is 374 g/mol. The van der Waals surface area contributed by atoms with E-state index >= 15 is 0 Å². The van der Waals surface area contributed by atoms with Gasteiger partial charge in [-0.3, -0.25) is 10.1 Å². The van der Waals surface area contributed by atoms with Crippen molar-refractivity contribution in [2.45, 2.75) is 13.5 Å². The van der Waals surface area contributed by atoms with Crippen LogP contribution in [-0.2, 0) is 6.54 Å². The normalized spacial score (nSPS) is 10.5. The van der Waals surface area contributed by atoms with Crippen LogP contribution in [0, 0.1) is 22.9 Å². The fourth-order valence-corrected chi connectivity index (χ4v) is 2.39. The molecule has 0 amide bonds. The third kappa shape index (κ3) is 3.71. The Labute approximate surface area is 134 Å². The maximum absolute atomic E-state index is 13.4. The Morgan fingerprint density at radius 1 is 1.38 bits per heavy atom. The molecule has 4 nitrogen and oxygen atoms in total. The topological polar surface area (TPSA) is 55.2 Å². The minimum atomic E-state index is -0.476. The predicted molar refractivity (Wildman–Crippen MR) is 84.3 cm³/mol. The van der Waals surface area contributed by atoms with Crippen molar-refractivity contribution in [1.82, 2.24) is 0 Å². The van der Waals surface area contributed by atoms with Gasteiger partial charge in [0.2, 0.25) is 0 Å². The summed E-state index contributed by atoms with van der Waals surface area (Å²) in [4.78, 5) is 10.5. The molecule has 0 fully saturated rings. The molecule has 2 rings (SSSR count). The third-order valence-electron chi connectivity index (χ3n) is 2.98. The smallest absolute Gasteiger partial charge is 0.275 e. The van der Waals surface area contributed by atoms with E-state index in [0.29, 0.717) is 26.3 Å². The van der Waals surface area contributed by atoms with E-state index in [0.717, 1.165) is 0 Å². The minimum absolute atomic E-state index is 0.0474. The molecule has 0 bridgehead atoms. The molecular formula is C14H11BrClFN2O2. The van der Waals surface area contributed by atoms with Gasteiger partial charge in [-0.25, -0.2) is 4.39 Å². The summed E-state index contributed by atoms with van der Waals surface area (Å²) >= 11 is 8.88. The van der Waals surface area contributed by atoms with Crippen molar-refractivity contribution in [3.05, 3.63) is 66.9 Å². The Kier molecular flexibility index (Phi) is 4.80. The summed E-state index contributed by atoms with van der Waals surface area (Å²) in [6.45, 7) is 2.00. The fraction of sp³-hybridized carbons (Fsp3) is 0.143. The van der Waals surface area contributed by atoms with Gasteiger partial charge in [0.1, 0.15) is 5.82 Å². The van der Waals surface area contributed by atoms with Crippen LogP contribution in [0.1, 0.15) is 11.1 Å². The number of hydrogen-bond donors (Lipinski definition) is 1. The number of nitrogens with zero attached hydrogens (tertiary/aromatic N) is 1. The highest BCUT2D eigenvalue weighted by molar-refractivity contribution is 9.10. The van der Waals surface area contributed by atoms with E-state index in [9.17, 15) is 14.5 Å².